The summed E-state index contributed by atoms with van der Waals surface area (Å²) in [6.07, 6.45) is 0.936. The Kier molecular flexibility index (Phi) is 3.42. The van der Waals surface area contributed by atoms with E-state index in [0.29, 0.717) is 0 Å². The lowest BCUT2D eigenvalue weighted by molar-refractivity contribution is 0.571. The summed E-state index contributed by atoms with van der Waals surface area (Å²) in [6.45, 7) is 0. The maximum atomic E-state index is 10.6. The normalized spacial score (nSPS) is 13.3. The number of nitrogens with one attached hydrogen (secondary N) is 2. The van der Waals surface area contributed by atoms with Crippen molar-refractivity contribution in [3.05, 3.63) is 0 Å². The smallest absolute Gasteiger partial charge is 0.228 e. The summed E-state index contributed by atoms with van der Waals surface area (Å²) in [5, 5.41) is 0. The Balaban J connectivity index is 4.13. The molecular formula is C3H10N2O4S2. The van der Waals surface area contributed by atoms with E-state index >= 15 is 0 Å². The molecule has 8 heteroatoms. The Labute approximate surface area is 66.1 Å². The first-order chi connectivity index (χ1) is 4.77. The van der Waals surface area contributed by atoms with Crippen LogP contribution in [0.2, 0.25) is 0 Å². The molecular weight excluding hydrogens is 192 g/mol. The van der Waals surface area contributed by atoms with Crippen LogP contribution in [0.3, 0.4) is 0 Å². The molecule has 6 nitrogen and oxygen atoms in total. The topological polar surface area (TPSA) is 92.3 Å². The lowest BCUT2D eigenvalue weighted by Crippen LogP contribution is -2.36. The van der Waals surface area contributed by atoms with Gasteiger partial charge in [0.1, 0.15) is 5.88 Å². The van der Waals surface area contributed by atoms with Crippen LogP contribution < -0.4 is 9.44 Å². The molecule has 0 aromatic heterocycles. The van der Waals surface area contributed by atoms with Crippen LogP contribution in [0.1, 0.15) is 0 Å². The highest BCUT2D eigenvalue weighted by Gasteiger charge is 2.09. The second-order valence-corrected chi connectivity index (χ2v) is 5.77. The third kappa shape index (κ3) is 6.23. The minimum absolute atomic E-state index is 0.587. The Bertz CT molecular complexity index is 302. The summed E-state index contributed by atoms with van der Waals surface area (Å²) in [5.41, 5.74) is 0. The van der Waals surface area contributed by atoms with Gasteiger partial charge in [0.15, 0.2) is 9.84 Å². The third-order valence-corrected chi connectivity index (χ3v) is 2.69. The van der Waals surface area contributed by atoms with E-state index in [4.69, 9.17) is 0 Å². The van der Waals surface area contributed by atoms with E-state index in [-0.39, 0.29) is 0 Å². The maximum Gasteiger partial charge on any atom is 0.277 e. The van der Waals surface area contributed by atoms with Crippen molar-refractivity contribution >= 4 is 20.0 Å². The molecule has 0 aromatic rings. The highest BCUT2D eigenvalue weighted by molar-refractivity contribution is 7.92. The first-order valence-electron chi connectivity index (χ1n) is 2.63. The number of hydrogen-bond donors (Lipinski definition) is 2. The van der Waals surface area contributed by atoms with Crippen molar-refractivity contribution < 1.29 is 16.8 Å². The van der Waals surface area contributed by atoms with Crippen LogP contribution in [-0.4, -0.2) is 36.0 Å². The minimum atomic E-state index is -3.63. The van der Waals surface area contributed by atoms with Gasteiger partial charge in [-0.2, -0.15) is 13.1 Å². The predicted molar refractivity (Wildman–Crippen MR) is 40.8 cm³/mol. The second-order valence-electron chi connectivity index (χ2n) is 1.92. The molecule has 0 saturated heterocycles. The zero-order valence-electron chi connectivity index (χ0n) is 6.16. The van der Waals surface area contributed by atoms with Gasteiger partial charge in [-0.15, -0.1) is 0 Å². The molecule has 0 spiro atoms. The Morgan fingerprint density at radius 3 is 1.91 bits per heavy atom. The summed E-state index contributed by atoms with van der Waals surface area (Å²) in [6, 6.07) is 0. The molecule has 0 rings (SSSR count). The monoisotopic (exact) mass is 202 g/mol. The fourth-order valence-electron chi connectivity index (χ4n) is 0.257. The Morgan fingerprint density at radius 2 is 1.64 bits per heavy atom. The summed E-state index contributed by atoms with van der Waals surface area (Å²) < 4.78 is 45.7. The third-order valence-electron chi connectivity index (χ3n) is 0.780. The van der Waals surface area contributed by atoms with Gasteiger partial charge in [0.05, 0.1) is 0 Å². The Morgan fingerprint density at radius 1 is 1.18 bits per heavy atom. The van der Waals surface area contributed by atoms with E-state index in [1.807, 2.05) is 9.44 Å². The van der Waals surface area contributed by atoms with E-state index in [9.17, 15) is 16.8 Å². The summed E-state index contributed by atoms with van der Waals surface area (Å²) in [5.74, 6) is -0.587. The van der Waals surface area contributed by atoms with Crippen LogP contribution >= 0.6 is 0 Å². The summed E-state index contributed by atoms with van der Waals surface area (Å²) in [7, 11) is -5.74. The molecule has 0 bridgehead atoms. The van der Waals surface area contributed by atoms with E-state index in [1.54, 1.807) is 0 Å². The molecule has 2 N–H and O–H groups in total. The molecule has 0 unspecified atom stereocenters. The predicted octanol–water partition coefficient (Wildman–Crippen LogP) is -1.96. The maximum absolute atomic E-state index is 10.6. The van der Waals surface area contributed by atoms with Crippen molar-refractivity contribution in [1.82, 2.24) is 9.44 Å². The first-order valence-corrected chi connectivity index (χ1v) is 6.17. The minimum Gasteiger partial charge on any atom is -0.228 e. The highest BCUT2D eigenvalue weighted by Crippen LogP contribution is 1.80. The molecule has 0 radical (unpaired) electrons. The SMILES string of the molecule is CNS(=O)(=O)NCS(C)(=O)=O. The van der Waals surface area contributed by atoms with Crippen molar-refractivity contribution in [2.24, 2.45) is 0 Å². The molecule has 68 valence electrons. The van der Waals surface area contributed by atoms with Gasteiger partial charge in [0, 0.05) is 13.3 Å². The quantitative estimate of drug-likeness (QED) is 0.554. The van der Waals surface area contributed by atoms with Crippen LogP contribution in [0.25, 0.3) is 0 Å². The van der Waals surface area contributed by atoms with Gasteiger partial charge in [-0.25, -0.2) is 13.1 Å². The van der Waals surface area contributed by atoms with E-state index in [2.05, 4.69) is 0 Å². The molecule has 0 aliphatic heterocycles. The van der Waals surface area contributed by atoms with Gasteiger partial charge in [-0.3, -0.25) is 0 Å². The molecule has 0 amide bonds. The van der Waals surface area contributed by atoms with Crippen molar-refractivity contribution in [2.45, 2.75) is 0 Å². The van der Waals surface area contributed by atoms with Gasteiger partial charge in [0.2, 0.25) is 0 Å². The Hall–Kier alpha value is -0.180. The van der Waals surface area contributed by atoms with Gasteiger partial charge in [-0.1, -0.05) is 0 Å². The van der Waals surface area contributed by atoms with Crippen LogP contribution in [0.5, 0.6) is 0 Å². The molecule has 0 fully saturated rings. The molecule has 0 aliphatic rings. The van der Waals surface area contributed by atoms with E-state index in [0.717, 1.165) is 6.26 Å². The van der Waals surface area contributed by atoms with Crippen LogP contribution in [0, 0.1) is 0 Å². The van der Waals surface area contributed by atoms with Crippen molar-refractivity contribution in [3.8, 4) is 0 Å². The highest BCUT2D eigenvalue weighted by atomic mass is 32.2. The molecule has 0 heterocycles. The molecule has 0 saturated carbocycles. The fourth-order valence-corrected chi connectivity index (χ4v) is 1.88. The van der Waals surface area contributed by atoms with Crippen LogP contribution in [0.4, 0.5) is 0 Å². The van der Waals surface area contributed by atoms with Crippen molar-refractivity contribution in [2.75, 3.05) is 19.2 Å². The van der Waals surface area contributed by atoms with Gasteiger partial charge < -0.3 is 0 Å². The molecule has 0 aromatic carbocycles. The molecule has 11 heavy (non-hydrogen) atoms. The standard InChI is InChI=1S/C3H10N2O4S2/c1-4-11(8,9)5-3-10(2,6)7/h4-5H,3H2,1-2H3. The molecule has 0 atom stereocenters. The van der Waals surface area contributed by atoms with Crippen molar-refractivity contribution in [3.63, 3.8) is 0 Å². The zero-order chi connectivity index (χ0) is 9.12. The second kappa shape index (κ2) is 3.48. The van der Waals surface area contributed by atoms with Crippen LogP contribution in [-0.2, 0) is 20.0 Å². The number of sulfone groups is 1. The number of rotatable bonds is 4. The van der Waals surface area contributed by atoms with Gasteiger partial charge in [0.25, 0.3) is 10.2 Å². The number of hydrogen-bond acceptors (Lipinski definition) is 4. The fraction of sp³-hybridized carbons (Fsp3) is 1.00. The van der Waals surface area contributed by atoms with Crippen molar-refractivity contribution in [1.29, 1.82) is 0 Å². The van der Waals surface area contributed by atoms with Gasteiger partial charge in [-0.05, 0) is 0 Å². The lowest BCUT2D eigenvalue weighted by Gasteiger charge is -2.01. The summed E-state index contributed by atoms with van der Waals surface area (Å²) >= 11 is 0. The van der Waals surface area contributed by atoms with Gasteiger partial charge >= 0.3 is 0 Å². The van der Waals surface area contributed by atoms with E-state index in [1.165, 1.54) is 7.05 Å². The average molecular weight is 202 g/mol. The largest absolute Gasteiger partial charge is 0.277 e. The first kappa shape index (κ1) is 10.8. The summed E-state index contributed by atoms with van der Waals surface area (Å²) in [4.78, 5) is 0. The molecule has 0 aliphatic carbocycles. The van der Waals surface area contributed by atoms with Crippen LogP contribution in [0.15, 0.2) is 0 Å². The lowest BCUT2D eigenvalue weighted by atomic mass is 11.5. The average Bonchev–Trinajstić information content (AvgIpc) is 1.83. The van der Waals surface area contributed by atoms with E-state index < -0.39 is 25.9 Å². The zero-order valence-corrected chi connectivity index (χ0v) is 7.79.